The monoisotopic (exact) mass is 650 g/mol. The number of carbonyl (C=O) groups excluding carboxylic acids is 1. The Morgan fingerprint density at radius 2 is 1.72 bits per heavy atom. The number of non-ortho nitro benzene ring substituents is 1. The number of nitrogens with zero attached hydrogens (tertiary/aromatic N) is 4. The Morgan fingerprint density at radius 3 is 2.47 bits per heavy atom. The number of rotatable bonds is 11. The summed E-state index contributed by atoms with van der Waals surface area (Å²) >= 11 is 1.29. The number of carbonyl (C=O) groups is 1. The van der Waals surface area contributed by atoms with Gasteiger partial charge < -0.3 is 14.2 Å². The first kappa shape index (κ1) is 31.4. The Labute approximate surface area is 272 Å². The second-order valence-corrected chi connectivity index (χ2v) is 11.1. The smallest absolute Gasteiger partial charge is 0.472 e. The Hall–Kier alpha value is -5.62. The van der Waals surface area contributed by atoms with E-state index < -0.39 is 16.9 Å². The van der Waals surface area contributed by atoms with Gasteiger partial charge in [0.2, 0.25) is 5.88 Å². The minimum absolute atomic E-state index is 0.0626. The van der Waals surface area contributed by atoms with Crippen LogP contribution in [0.3, 0.4) is 0 Å². The van der Waals surface area contributed by atoms with Crippen LogP contribution in [-0.2, 0) is 17.8 Å². The number of aromatic nitrogens is 3. The molecule has 0 bridgehead atoms. The Kier molecular flexibility index (Phi) is 9.48. The van der Waals surface area contributed by atoms with Crippen molar-refractivity contribution in [1.82, 2.24) is 15.0 Å². The first-order valence-corrected chi connectivity index (χ1v) is 15.8. The second kappa shape index (κ2) is 14.2. The van der Waals surface area contributed by atoms with E-state index in [0.29, 0.717) is 28.9 Å². The first-order chi connectivity index (χ1) is 22.9. The summed E-state index contributed by atoms with van der Waals surface area (Å²) in [5.41, 5.74) is 2.63. The standard InChI is InChI=1S/C35H27FN4O6S/c1-47-34-38-32-28(33(39-34)45-21-22-8-3-2-4-9-22)20-37-31(30(32)36)27-14-6-12-23-10-5-11-24(29(23)27)13-7-19-44-35(41)46-26-17-15-25(16-18-26)40(42)43/h2-6,8-12,14-18,20H,7,13,19,21H2,1H3. The summed E-state index contributed by atoms with van der Waals surface area (Å²) in [5.74, 6) is -0.190. The molecule has 12 heteroatoms. The van der Waals surface area contributed by atoms with E-state index in [1.54, 1.807) is 6.20 Å². The summed E-state index contributed by atoms with van der Waals surface area (Å²) in [4.78, 5) is 36.0. The molecule has 0 aliphatic carbocycles. The zero-order chi connectivity index (χ0) is 32.8. The molecule has 0 atom stereocenters. The summed E-state index contributed by atoms with van der Waals surface area (Å²) in [5, 5.41) is 13.3. The lowest BCUT2D eigenvalue weighted by Gasteiger charge is -2.14. The number of thioether (sulfide) groups is 1. The number of fused-ring (bicyclic) bond motifs is 2. The van der Waals surface area contributed by atoms with Gasteiger partial charge in [-0.3, -0.25) is 15.1 Å². The number of benzene rings is 4. The number of halogens is 1. The molecule has 0 spiro atoms. The number of hydrogen-bond acceptors (Lipinski definition) is 10. The summed E-state index contributed by atoms with van der Waals surface area (Å²) in [6.45, 7) is 0.322. The molecule has 0 unspecified atom stereocenters. The SMILES string of the molecule is CSc1nc(OCc2ccccc2)c2cnc(-c3cccc4cccc(CCCOC(=O)Oc5ccc([N+](=O)[O-])cc5)c34)c(F)c2n1. The van der Waals surface area contributed by atoms with Crippen LogP contribution < -0.4 is 9.47 Å². The van der Waals surface area contributed by atoms with Crippen molar-refractivity contribution in [2.75, 3.05) is 12.9 Å². The third-order valence-electron chi connectivity index (χ3n) is 7.33. The molecule has 0 N–H and O–H groups in total. The molecule has 6 rings (SSSR count). The third-order valence-corrected chi connectivity index (χ3v) is 7.88. The van der Waals surface area contributed by atoms with E-state index in [4.69, 9.17) is 14.2 Å². The van der Waals surface area contributed by atoms with Crippen LogP contribution in [0.4, 0.5) is 14.9 Å². The van der Waals surface area contributed by atoms with Crippen molar-refractivity contribution in [1.29, 1.82) is 0 Å². The zero-order valence-electron chi connectivity index (χ0n) is 25.1. The van der Waals surface area contributed by atoms with E-state index in [-0.39, 0.29) is 41.7 Å². The van der Waals surface area contributed by atoms with Crippen molar-refractivity contribution in [3.8, 4) is 22.9 Å². The van der Waals surface area contributed by atoms with Gasteiger partial charge in [0.1, 0.15) is 23.6 Å². The lowest BCUT2D eigenvalue weighted by molar-refractivity contribution is -0.384. The quantitative estimate of drug-likeness (QED) is 0.0257. The van der Waals surface area contributed by atoms with E-state index in [2.05, 4.69) is 15.0 Å². The van der Waals surface area contributed by atoms with Crippen molar-refractivity contribution < 1.29 is 28.3 Å². The topological polar surface area (TPSA) is 127 Å². The average molecular weight is 651 g/mol. The lowest BCUT2D eigenvalue weighted by Crippen LogP contribution is -2.12. The van der Waals surface area contributed by atoms with E-state index in [1.807, 2.05) is 73.0 Å². The summed E-state index contributed by atoms with van der Waals surface area (Å²) in [7, 11) is 0. The van der Waals surface area contributed by atoms with Gasteiger partial charge in [-0.15, -0.1) is 0 Å². The van der Waals surface area contributed by atoms with Crippen molar-refractivity contribution in [3.05, 3.63) is 124 Å². The van der Waals surface area contributed by atoms with Gasteiger partial charge in [0.15, 0.2) is 11.0 Å². The van der Waals surface area contributed by atoms with Crippen LogP contribution in [0.5, 0.6) is 11.6 Å². The number of nitro benzene ring substituents is 1. The molecule has 2 heterocycles. The molecule has 10 nitrogen and oxygen atoms in total. The minimum Gasteiger partial charge on any atom is -0.472 e. The number of ether oxygens (including phenoxy) is 3. The van der Waals surface area contributed by atoms with Gasteiger partial charge in [0.25, 0.3) is 5.69 Å². The van der Waals surface area contributed by atoms with Gasteiger partial charge in [0.05, 0.1) is 16.9 Å². The van der Waals surface area contributed by atoms with Gasteiger partial charge >= 0.3 is 6.16 Å². The second-order valence-electron chi connectivity index (χ2n) is 10.3. The lowest BCUT2D eigenvalue weighted by atomic mass is 9.94. The molecular weight excluding hydrogens is 623 g/mol. The summed E-state index contributed by atoms with van der Waals surface area (Å²) in [6, 6.07) is 26.2. The minimum atomic E-state index is -0.918. The fourth-order valence-corrected chi connectivity index (χ4v) is 5.49. The van der Waals surface area contributed by atoms with Gasteiger partial charge in [-0.25, -0.2) is 14.2 Å². The molecule has 6 aromatic rings. The molecule has 0 radical (unpaired) electrons. The highest BCUT2D eigenvalue weighted by Crippen LogP contribution is 2.36. The van der Waals surface area contributed by atoms with Crippen molar-refractivity contribution in [2.24, 2.45) is 0 Å². The third kappa shape index (κ3) is 7.12. The van der Waals surface area contributed by atoms with Gasteiger partial charge in [-0.1, -0.05) is 78.5 Å². The maximum absolute atomic E-state index is 16.4. The maximum atomic E-state index is 16.4. The van der Waals surface area contributed by atoms with Gasteiger partial charge in [-0.05, 0) is 53.1 Å². The average Bonchev–Trinajstić information content (AvgIpc) is 3.09. The molecule has 236 valence electrons. The first-order valence-electron chi connectivity index (χ1n) is 14.6. The predicted octanol–water partition coefficient (Wildman–Crippen LogP) is 8.34. The molecule has 0 amide bonds. The highest BCUT2D eigenvalue weighted by molar-refractivity contribution is 7.98. The van der Waals surface area contributed by atoms with Crippen molar-refractivity contribution in [2.45, 2.75) is 24.6 Å². The largest absolute Gasteiger partial charge is 0.513 e. The normalized spacial score (nSPS) is 11.0. The zero-order valence-corrected chi connectivity index (χ0v) is 25.9. The van der Waals surface area contributed by atoms with Crippen molar-refractivity contribution in [3.63, 3.8) is 0 Å². The van der Waals surface area contributed by atoms with Crippen LogP contribution in [0.2, 0.25) is 0 Å². The fourth-order valence-electron chi connectivity index (χ4n) is 5.13. The van der Waals surface area contributed by atoms with Crippen LogP contribution in [0, 0.1) is 15.9 Å². The number of hydrogen-bond donors (Lipinski definition) is 0. The van der Waals surface area contributed by atoms with Gasteiger partial charge in [-0.2, -0.15) is 4.98 Å². The maximum Gasteiger partial charge on any atom is 0.513 e. The van der Waals surface area contributed by atoms with Crippen LogP contribution in [-0.4, -0.2) is 38.9 Å². The van der Waals surface area contributed by atoms with Crippen LogP contribution in [0.1, 0.15) is 17.5 Å². The number of pyridine rings is 1. The van der Waals surface area contributed by atoms with Crippen LogP contribution >= 0.6 is 11.8 Å². The van der Waals surface area contributed by atoms with E-state index >= 15 is 4.39 Å². The number of nitro groups is 1. The van der Waals surface area contributed by atoms with Gasteiger partial charge in [0, 0.05) is 23.9 Å². The molecule has 4 aromatic carbocycles. The van der Waals surface area contributed by atoms with E-state index in [9.17, 15) is 14.9 Å². The Balaban J connectivity index is 1.22. The molecule has 0 fully saturated rings. The van der Waals surface area contributed by atoms with E-state index in [0.717, 1.165) is 21.9 Å². The summed E-state index contributed by atoms with van der Waals surface area (Å²) in [6.07, 6.45) is 3.43. The highest BCUT2D eigenvalue weighted by Gasteiger charge is 2.20. The molecule has 0 saturated heterocycles. The van der Waals surface area contributed by atoms with Crippen molar-refractivity contribution >= 4 is 45.3 Å². The molecule has 47 heavy (non-hydrogen) atoms. The predicted molar refractivity (Wildman–Crippen MR) is 176 cm³/mol. The molecule has 0 aliphatic rings. The molecular formula is C35H27FN4O6S. The highest BCUT2D eigenvalue weighted by atomic mass is 32.2. The van der Waals surface area contributed by atoms with Crippen LogP contribution in [0.15, 0.2) is 102 Å². The summed E-state index contributed by atoms with van der Waals surface area (Å²) < 4.78 is 32.7. The number of aryl methyl sites for hydroxylation is 1. The molecule has 0 saturated carbocycles. The van der Waals surface area contributed by atoms with Crippen LogP contribution in [0.25, 0.3) is 32.9 Å². The Morgan fingerprint density at radius 1 is 0.957 bits per heavy atom. The molecule has 2 aromatic heterocycles. The van der Waals surface area contributed by atoms with E-state index in [1.165, 1.54) is 36.0 Å². The fraction of sp³-hybridized carbons (Fsp3) is 0.143. The Bertz CT molecular complexity index is 2070. The molecule has 0 aliphatic heterocycles.